The van der Waals surface area contributed by atoms with Crippen LogP contribution in [0.25, 0.3) is 0 Å². The Kier molecular flexibility index (Phi) is 3.11. The number of esters is 1. The Bertz CT molecular complexity index is 410. The molecule has 0 heterocycles. The van der Waals surface area contributed by atoms with Gasteiger partial charge in [-0.05, 0) is 49.5 Å². The Balaban J connectivity index is 1.47. The van der Waals surface area contributed by atoms with E-state index in [-0.39, 0.29) is 11.9 Å². The van der Waals surface area contributed by atoms with Gasteiger partial charge < -0.3 is 4.74 Å². The number of hydrogen-bond donors (Lipinski definition) is 0. The fourth-order valence-electron chi connectivity index (χ4n) is 2.99. The summed E-state index contributed by atoms with van der Waals surface area (Å²) in [5, 5.41) is 0. The van der Waals surface area contributed by atoms with E-state index in [0.29, 0.717) is 12.0 Å². The van der Waals surface area contributed by atoms with Gasteiger partial charge in [-0.2, -0.15) is 0 Å². The summed E-state index contributed by atoms with van der Waals surface area (Å²) in [4.78, 5) is 12.0. The van der Waals surface area contributed by atoms with Crippen molar-refractivity contribution in [2.75, 3.05) is 0 Å². The molecule has 3 rings (SSSR count). The van der Waals surface area contributed by atoms with Crippen LogP contribution in [-0.4, -0.2) is 5.97 Å². The van der Waals surface area contributed by atoms with E-state index in [4.69, 9.17) is 4.74 Å². The van der Waals surface area contributed by atoms with E-state index in [2.05, 4.69) is 0 Å². The Morgan fingerprint density at radius 1 is 1.11 bits per heavy atom. The molecule has 96 valence electrons. The minimum absolute atomic E-state index is 0.00866. The number of rotatable bonds is 3. The highest BCUT2D eigenvalue weighted by molar-refractivity contribution is 5.72. The van der Waals surface area contributed by atoms with Gasteiger partial charge >= 0.3 is 5.97 Å². The smallest absolute Gasteiger partial charge is 0.309 e. The summed E-state index contributed by atoms with van der Waals surface area (Å²) in [5.74, 6) is 0.161. The third kappa shape index (κ3) is 2.58. The molecule has 2 aliphatic rings. The van der Waals surface area contributed by atoms with Crippen molar-refractivity contribution >= 4 is 5.97 Å². The highest BCUT2D eigenvalue weighted by atomic mass is 16.5. The molecule has 0 amide bonds. The van der Waals surface area contributed by atoms with Crippen LogP contribution < -0.4 is 0 Å². The number of benzene rings is 1. The second-order valence-electron chi connectivity index (χ2n) is 5.87. The molecule has 0 atom stereocenters. The van der Waals surface area contributed by atoms with Crippen LogP contribution in [0, 0.1) is 11.3 Å². The molecule has 18 heavy (non-hydrogen) atoms. The first-order chi connectivity index (χ1) is 8.77. The average Bonchev–Trinajstić information content (AvgIpc) is 3.17. The molecule has 0 aromatic heterocycles. The van der Waals surface area contributed by atoms with E-state index in [9.17, 15) is 4.79 Å². The first-order valence-electron chi connectivity index (χ1n) is 6.98. The van der Waals surface area contributed by atoms with Crippen molar-refractivity contribution in [3.05, 3.63) is 35.9 Å². The van der Waals surface area contributed by atoms with Gasteiger partial charge in [0.1, 0.15) is 6.61 Å². The van der Waals surface area contributed by atoms with E-state index in [1.54, 1.807) is 0 Å². The lowest BCUT2D eigenvalue weighted by molar-refractivity contribution is -0.151. The third-order valence-electron chi connectivity index (χ3n) is 4.56. The highest BCUT2D eigenvalue weighted by Crippen LogP contribution is 2.57. The molecule has 2 heteroatoms. The summed E-state index contributed by atoms with van der Waals surface area (Å²) in [6.07, 6.45) is 7.31. The molecule has 2 aliphatic carbocycles. The Morgan fingerprint density at radius 2 is 1.78 bits per heavy atom. The summed E-state index contributed by atoms with van der Waals surface area (Å²) in [6.45, 7) is 0.418. The van der Waals surface area contributed by atoms with E-state index in [1.807, 2.05) is 30.3 Å². The number of ether oxygens (including phenoxy) is 1. The van der Waals surface area contributed by atoms with Crippen LogP contribution in [0.5, 0.6) is 0 Å². The van der Waals surface area contributed by atoms with Gasteiger partial charge in [0, 0.05) is 0 Å². The van der Waals surface area contributed by atoms with Gasteiger partial charge in [-0.3, -0.25) is 4.79 Å². The van der Waals surface area contributed by atoms with Crippen LogP contribution in [0.3, 0.4) is 0 Å². The molecular weight excluding hydrogens is 224 g/mol. The Morgan fingerprint density at radius 3 is 2.39 bits per heavy atom. The molecule has 1 aromatic rings. The maximum atomic E-state index is 12.0. The largest absolute Gasteiger partial charge is 0.461 e. The standard InChI is InChI=1S/C16H20O2/c17-15(18-12-13-4-2-1-3-5-13)14-6-8-16(9-7-14)10-11-16/h1-5,14H,6-12H2. The van der Waals surface area contributed by atoms with Crippen molar-refractivity contribution in [2.45, 2.75) is 45.1 Å². The summed E-state index contributed by atoms with van der Waals surface area (Å²) >= 11 is 0. The summed E-state index contributed by atoms with van der Waals surface area (Å²) < 4.78 is 5.42. The van der Waals surface area contributed by atoms with Crippen LogP contribution in [0.15, 0.2) is 30.3 Å². The van der Waals surface area contributed by atoms with Crippen LogP contribution >= 0.6 is 0 Å². The molecule has 0 unspecified atom stereocenters. The fourth-order valence-corrected chi connectivity index (χ4v) is 2.99. The predicted octanol–water partition coefficient (Wildman–Crippen LogP) is 3.70. The average molecular weight is 244 g/mol. The lowest BCUT2D eigenvalue weighted by Gasteiger charge is -2.26. The van der Waals surface area contributed by atoms with E-state index in [0.717, 1.165) is 18.4 Å². The summed E-state index contributed by atoms with van der Waals surface area (Å²) in [5.41, 5.74) is 1.72. The molecule has 0 N–H and O–H groups in total. The monoisotopic (exact) mass is 244 g/mol. The normalized spacial score (nSPS) is 21.8. The molecule has 1 aromatic carbocycles. The van der Waals surface area contributed by atoms with Gasteiger partial charge in [0.25, 0.3) is 0 Å². The lowest BCUT2D eigenvalue weighted by Crippen LogP contribution is -2.24. The molecular formula is C16H20O2. The molecule has 0 aliphatic heterocycles. The predicted molar refractivity (Wildman–Crippen MR) is 69.9 cm³/mol. The molecule has 1 spiro atoms. The van der Waals surface area contributed by atoms with Crippen molar-refractivity contribution in [1.82, 2.24) is 0 Å². The molecule has 2 nitrogen and oxygen atoms in total. The Hall–Kier alpha value is -1.31. The number of carbonyl (C=O) groups excluding carboxylic acids is 1. The minimum Gasteiger partial charge on any atom is -0.461 e. The quantitative estimate of drug-likeness (QED) is 0.758. The molecule has 2 saturated carbocycles. The molecule has 2 fully saturated rings. The first-order valence-corrected chi connectivity index (χ1v) is 6.98. The van der Waals surface area contributed by atoms with Crippen molar-refractivity contribution in [3.8, 4) is 0 Å². The second-order valence-corrected chi connectivity index (χ2v) is 5.87. The van der Waals surface area contributed by atoms with E-state index >= 15 is 0 Å². The van der Waals surface area contributed by atoms with Crippen molar-refractivity contribution in [1.29, 1.82) is 0 Å². The number of carbonyl (C=O) groups is 1. The zero-order valence-corrected chi connectivity index (χ0v) is 10.7. The van der Waals surface area contributed by atoms with E-state index in [1.165, 1.54) is 25.7 Å². The van der Waals surface area contributed by atoms with Gasteiger partial charge in [-0.1, -0.05) is 30.3 Å². The minimum atomic E-state index is 0.00866. The highest BCUT2D eigenvalue weighted by Gasteiger charge is 2.46. The van der Waals surface area contributed by atoms with Crippen LogP contribution in [-0.2, 0) is 16.1 Å². The van der Waals surface area contributed by atoms with Crippen molar-refractivity contribution < 1.29 is 9.53 Å². The van der Waals surface area contributed by atoms with Gasteiger partial charge in [0.2, 0.25) is 0 Å². The van der Waals surface area contributed by atoms with Gasteiger partial charge in [-0.15, -0.1) is 0 Å². The van der Waals surface area contributed by atoms with Gasteiger partial charge in [0.05, 0.1) is 5.92 Å². The summed E-state index contributed by atoms with van der Waals surface area (Å²) in [7, 11) is 0. The van der Waals surface area contributed by atoms with E-state index < -0.39 is 0 Å². The zero-order chi connectivity index (χ0) is 12.4. The van der Waals surface area contributed by atoms with Crippen molar-refractivity contribution in [2.24, 2.45) is 11.3 Å². The second kappa shape index (κ2) is 4.75. The van der Waals surface area contributed by atoms with Crippen LogP contribution in [0.2, 0.25) is 0 Å². The van der Waals surface area contributed by atoms with Crippen LogP contribution in [0.1, 0.15) is 44.1 Å². The first kappa shape index (κ1) is 11.8. The van der Waals surface area contributed by atoms with Crippen LogP contribution in [0.4, 0.5) is 0 Å². The lowest BCUT2D eigenvalue weighted by atomic mass is 9.80. The maximum Gasteiger partial charge on any atom is 0.309 e. The zero-order valence-electron chi connectivity index (χ0n) is 10.7. The molecule has 0 bridgehead atoms. The Labute approximate surface area is 108 Å². The third-order valence-corrected chi connectivity index (χ3v) is 4.56. The van der Waals surface area contributed by atoms with Crippen molar-refractivity contribution in [3.63, 3.8) is 0 Å². The van der Waals surface area contributed by atoms with Gasteiger partial charge in [0.15, 0.2) is 0 Å². The number of hydrogen-bond acceptors (Lipinski definition) is 2. The fraction of sp³-hybridized carbons (Fsp3) is 0.562. The topological polar surface area (TPSA) is 26.3 Å². The molecule has 0 saturated heterocycles. The summed E-state index contributed by atoms with van der Waals surface area (Å²) in [6, 6.07) is 9.91. The molecule has 0 radical (unpaired) electrons. The maximum absolute atomic E-state index is 12.0. The SMILES string of the molecule is O=C(OCc1ccccc1)C1CCC2(CC1)CC2. The van der Waals surface area contributed by atoms with Gasteiger partial charge in [-0.25, -0.2) is 0 Å².